The number of carbonyl (C=O) groups is 2. The fraction of sp³-hybridized carbons (Fsp3) is 0.190. The van der Waals surface area contributed by atoms with Crippen molar-refractivity contribution in [1.82, 2.24) is 20.3 Å². The number of ether oxygens (including phenoxy) is 1. The van der Waals surface area contributed by atoms with Crippen molar-refractivity contribution >= 4 is 33.6 Å². The lowest BCUT2D eigenvalue weighted by molar-refractivity contribution is -0.120. The lowest BCUT2D eigenvalue weighted by Gasteiger charge is -2.19. The van der Waals surface area contributed by atoms with Gasteiger partial charge in [-0.25, -0.2) is 15.0 Å². The maximum atomic E-state index is 12.8. The third kappa shape index (κ3) is 3.88. The molecule has 2 amide bonds. The van der Waals surface area contributed by atoms with E-state index in [0.29, 0.717) is 17.3 Å². The molecule has 30 heavy (non-hydrogen) atoms. The molecule has 1 N–H and O–H groups in total. The van der Waals surface area contributed by atoms with Crippen LogP contribution in [0.2, 0.25) is 0 Å². The molecule has 1 aliphatic heterocycles. The molecule has 1 atom stereocenters. The van der Waals surface area contributed by atoms with Gasteiger partial charge in [0.1, 0.15) is 12.6 Å². The van der Waals surface area contributed by atoms with E-state index in [0.717, 1.165) is 15.6 Å². The summed E-state index contributed by atoms with van der Waals surface area (Å²) in [5.74, 6) is -0.0692. The number of anilines is 1. The van der Waals surface area contributed by atoms with Crippen LogP contribution in [0.4, 0.5) is 5.82 Å². The molecule has 4 rings (SSSR count). The van der Waals surface area contributed by atoms with Crippen LogP contribution < -0.4 is 15.0 Å². The monoisotopic (exact) mass is 467 g/mol. The third-order valence-corrected chi connectivity index (χ3v) is 5.11. The van der Waals surface area contributed by atoms with Crippen molar-refractivity contribution in [2.45, 2.75) is 13.0 Å². The van der Waals surface area contributed by atoms with Gasteiger partial charge in [0, 0.05) is 29.5 Å². The Hall–Kier alpha value is -3.33. The Morgan fingerprint density at radius 1 is 1.23 bits per heavy atom. The minimum Gasteiger partial charge on any atom is -0.487 e. The number of nitrogens with one attached hydrogen (secondary N) is 1. The van der Waals surface area contributed by atoms with Crippen LogP contribution in [-0.2, 0) is 4.79 Å². The largest absolute Gasteiger partial charge is 0.487 e. The maximum Gasteiger partial charge on any atom is 0.289 e. The van der Waals surface area contributed by atoms with Gasteiger partial charge in [0.2, 0.25) is 5.82 Å². The molecular formula is C21H18BrN5O3. The predicted molar refractivity (Wildman–Crippen MR) is 114 cm³/mol. The van der Waals surface area contributed by atoms with E-state index in [9.17, 15) is 9.59 Å². The smallest absolute Gasteiger partial charge is 0.289 e. The number of amides is 2. The zero-order valence-corrected chi connectivity index (χ0v) is 17.9. The number of fused-ring (bicyclic) bond motifs is 1. The van der Waals surface area contributed by atoms with Gasteiger partial charge in [-0.15, -0.1) is 0 Å². The molecule has 0 fully saturated rings. The number of pyridine rings is 1. The van der Waals surface area contributed by atoms with E-state index in [2.05, 4.69) is 36.2 Å². The van der Waals surface area contributed by atoms with Crippen molar-refractivity contribution in [2.24, 2.45) is 0 Å². The molecule has 9 heteroatoms. The van der Waals surface area contributed by atoms with E-state index in [1.165, 1.54) is 4.90 Å². The van der Waals surface area contributed by atoms with Gasteiger partial charge in [-0.3, -0.25) is 14.5 Å². The van der Waals surface area contributed by atoms with Gasteiger partial charge < -0.3 is 10.1 Å². The third-order valence-electron chi connectivity index (χ3n) is 4.68. The van der Waals surface area contributed by atoms with Crippen LogP contribution in [0.5, 0.6) is 5.75 Å². The SMILES string of the molecule is Cc1cnc(C(=O)N[C@H]2COc3cc(Br)cnc3N(C)C2=O)nc1-c1ccccc1. The molecule has 0 saturated carbocycles. The molecule has 0 aliphatic carbocycles. The summed E-state index contributed by atoms with van der Waals surface area (Å²) < 4.78 is 6.45. The predicted octanol–water partition coefficient (Wildman–Crippen LogP) is 2.76. The average molecular weight is 468 g/mol. The van der Waals surface area contributed by atoms with Crippen molar-refractivity contribution < 1.29 is 14.3 Å². The van der Waals surface area contributed by atoms with Gasteiger partial charge in [-0.1, -0.05) is 30.3 Å². The van der Waals surface area contributed by atoms with Crippen LogP contribution in [-0.4, -0.2) is 46.5 Å². The molecule has 0 bridgehead atoms. The Kier molecular flexibility index (Phi) is 5.45. The minimum atomic E-state index is -0.902. The van der Waals surface area contributed by atoms with Crippen molar-refractivity contribution in [2.75, 3.05) is 18.6 Å². The van der Waals surface area contributed by atoms with Crippen LogP contribution in [0.1, 0.15) is 16.2 Å². The van der Waals surface area contributed by atoms with E-state index in [-0.39, 0.29) is 18.3 Å². The number of hydrogen-bond donors (Lipinski definition) is 1. The first-order valence-electron chi connectivity index (χ1n) is 9.20. The second-order valence-corrected chi connectivity index (χ2v) is 7.72. The number of rotatable bonds is 3. The first-order valence-corrected chi connectivity index (χ1v) is 9.99. The molecular weight excluding hydrogens is 450 g/mol. The van der Waals surface area contributed by atoms with Crippen LogP contribution >= 0.6 is 15.9 Å². The molecule has 0 radical (unpaired) electrons. The Bertz CT molecular complexity index is 1120. The summed E-state index contributed by atoms with van der Waals surface area (Å²) in [5.41, 5.74) is 2.39. The van der Waals surface area contributed by atoms with Crippen LogP contribution in [0.3, 0.4) is 0 Å². The number of nitrogens with zero attached hydrogens (tertiary/aromatic N) is 4. The summed E-state index contributed by atoms with van der Waals surface area (Å²) >= 11 is 3.34. The standard InChI is InChI=1S/C21H18BrN5O3/c1-12-9-23-18(26-17(12)13-6-4-3-5-7-13)20(28)25-15-11-30-16-8-14(22)10-24-19(16)27(2)21(15)29/h3-10,15H,11H2,1-2H3,(H,25,28)/t15-/m0/s1. The van der Waals surface area contributed by atoms with Gasteiger partial charge in [0.25, 0.3) is 11.8 Å². The molecule has 1 aromatic carbocycles. The van der Waals surface area contributed by atoms with Crippen molar-refractivity contribution in [3.8, 4) is 17.0 Å². The van der Waals surface area contributed by atoms with Gasteiger partial charge in [-0.2, -0.15) is 0 Å². The van der Waals surface area contributed by atoms with E-state index in [4.69, 9.17) is 4.74 Å². The lowest BCUT2D eigenvalue weighted by atomic mass is 10.1. The first kappa shape index (κ1) is 20.0. The Morgan fingerprint density at radius 3 is 2.77 bits per heavy atom. The fourth-order valence-corrected chi connectivity index (χ4v) is 3.43. The van der Waals surface area contributed by atoms with E-state index in [1.54, 1.807) is 25.5 Å². The van der Waals surface area contributed by atoms with Crippen LogP contribution in [0.25, 0.3) is 11.3 Å². The highest BCUT2D eigenvalue weighted by Gasteiger charge is 2.32. The van der Waals surface area contributed by atoms with Crippen molar-refractivity contribution in [3.63, 3.8) is 0 Å². The highest BCUT2D eigenvalue weighted by molar-refractivity contribution is 9.10. The summed E-state index contributed by atoms with van der Waals surface area (Å²) in [5, 5.41) is 2.68. The Morgan fingerprint density at radius 2 is 2.00 bits per heavy atom. The fourth-order valence-electron chi connectivity index (χ4n) is 3.12. The van der Waals surface area contributed by atoms with Crippen LogP contribution in [0.15, 0.2) is 53.3 Å². The van der Waals surface area contributed by atoms with E-state index in [1.807, 2.05) is 37.3 Å². The number of aromatic nitrogens is 3. The zero-order chi connectivity index (χ0) is 21.3. The van der Waals surface area contributed by atoms with Crippen molar-refractivity contribution in [1.29, 1.82) is 0 Å². The Labute approximate surface area is 181 Å². The van der Waals surface area contributed by atoms with E-state index < -0.39 is 11.9 Å². The molecule has 3 heterocycles. The number of halogens is 1. The summed E-state index contributed by atoms with van der Waals surface area (Å²) in [6.07, 6.45) is 3.18. The number of hydrogen-bond acceptors (Lipinski definition) is 6. The molecule has 2 aromatic heterocycles. The summed E-state index contributed by atoms with van der Waals surface area (Å²) in [6.45, 7) is 1.85. The van der Waals surface area contributed by atoms with Crippen LogP contribution in [0, 0.1) is 6.92 Å². The van der Waals surface area contributed by atoms with Gasteiger partial charge in [0.05, 0.1) is 5.69 Å². The zero-order valence-electron chi connectivity index (χ0n) is 16.3. The highest BCUT2D eigenvalue weighted by atomic mass is 79.9. The quantitative estimate of drug-likeness (QED) is 0.635. The average Bonchev–Trinajstić information content (AvgIpc) is 2.86. The number of aryl methyl sites for hydroxylation is 1. The molecule has 0 saturated heterocycles. The Balaban J connectivity index is 1.57. The normalized spacial score (nSPS) is 15.8. The summed E-state index contributed by atoms with van der Waals surface area (Å²) in [4.78, 5) is 39.8. The second-order valence-electron chi connectivity index (χ2n) is 6.80. The van der Waals surface area contributed by atoms with Crippen molar-refractivity contribution in [3.05, 3.63) is 64.7 Å². The lowest BCUT2D eigenvalue weighted by Crippen LogP contribution is -2.49. The first-order chi connectivity index (χ1) is 14.4. The van der Waals surface area contributed by atoms with Gasteiger partial charge in [0.15, 0.2) is 11.6 Å². The number of benzene rings is 1. The summed E-state index contributed by atoms with van der Waals surface area (Å²) in [7, 11) is 1.59. The van der Waals surface area contributed by atoms with E-state index >= 15 is 0 Å². The summed E-state index contributed by atoms with van der Waals surface area (Å²) in [6, 6.07) is 10.4. The molecule has 3 aromatic rings. The molecule has 0 unspecified atom stereocenters. The van der Waals surface area contributed by atoms with Gasteiger partial charge >= 0.3 is 0 Å². The minimum absolute atomic E-state index is 0.0162. The highest BCUT2D eigenvalue weighted by Crippen LogP contribution is 2.30. The second kappa shape index (κ2) is 8.19. The number of likely N-dealkylation sites (N-methyl/N-ethyl adjacent to an activating group) is 1. The molecule has 8 nitrogen and oxygen atoms in total. The molecule has 1 aliphatic rings. The van der Waals surface area contributed by atoms with Gasteiger partial charge in [-0.05, 0) is 34.5 Å². The topological polar surface area (TPSA) is 97.3 Å². The maximum absolute atomic E-state index is 12.8. The molecule has 152 valence electrons. The number of carbonyl (C=O) groups excluding carboxylic acids is 2. The molecule has 0 spiro atoms.